The van der Waals surface area contributed by atoms with Crippen LogP contribution in [0, 0.1) is 10.1 Å². The van der Waals surface area contributed by atoms with Gasteiger partial charge in [0.1, 0.15) is 6.61 Å². The minimum absolute atomic E-state index is 0.0247. The first-order chi connectivity index (χ1) is 11.7. The molecule has 0 spiro atoms. The van der Waals surface area contributed by atoms with Crippen molar-refractivity contribution in [2.75, 3.05) is 0 Å². The fourth-order valence-corrected chi connectivity index (χ4v) is 3.05. The third-order valence-corrected chi connectivity index (χ3v) is 4.34. The largest absolute Gasteiger partial charge is 0.482 e. The van der Waals surface area contributed by atoms with Gasteiger partial charge in [-0.15, -0.1) is 0 Å². The third kappa shape index (κ3) is 4.14. The molecule has 0 radical (unpaired) electrons. The maximum atomic E-state index is 11.2. The molecule has 0 amide bonds. The average molecular weight is 337 g/mol. The van der Waals surface area contributed by atoms with Gasteiger partial charge >= 0.3 is 5.69 Å². The molecule has 0 saturated carbocycles. The number of hydrogen-bond acceptors (Lipinski definition) is 4. The first kappa shape index (κ1) is 16.1. The van der Waals surface area contributed by atoms with Gasteiger partial charge in [0, 0.05) is 21.9 Å². The lowest BCUT2D eigenvalue weighted by atomic mass is 10.2. The van der Waals surface area contributed by atoms with Crippen LogP contribution in [-0.4, -0.2) is 4.92 Å². The zero-order valence-electron chi connectivity index (χ0n) is 12.8. The number of benzene rings is 3. The number of nitro benzene ring substituents is 1. The minimum atomic E-state index is -0.419. The van der Waals surface area contributed by atoms with Crippen LogP contribution in [0.4, 0.5) is 5.69 Å². The number of nitro groups is 1. The SMILES string of the molecule is O=[N+]([O-])c1ccc(Sc2ccccc2)cc1OCc1ccccc1. The summed E-state index contributed by atoms with van der Waals surface area (Å²) in [6, 6.07) is 24.4. The minimum Gasteiger partial charge on any atom is -0.482 e. The van der Waals surface area contributed by atoms with E-state index in [9.17, 15) is 10.1 Å². The van der Waals surface area contributed by atoms with Crippen molar-refractivity contribution in [3.63, 3.8) is 0 Å². The predicted octanol–water partition coefficient (Wildman–Crippen LogP) is 5.33. The molecule has 0 unspecified atom stereocenters. The van der Waals surface area contributed by atoms with Crippen molar-refractivity contribution < 1.29 is 9.66 Å². The molecule has 0 aliphatic heterocycles. The number of rotatable bonds is 6. The molecule has 0 heterocycles. The molecular formula is C19H15NO3S. The van der Waals surface area contributed by atoms with E-state index in [0.717, 1.165) is 15.4 Å². The van der Waals surface area contributed by atoms with Gasteiger partial charge < -0.3 is 4.74 Å². The van der Waals surface area contributed by atoms with Gasteiger partial charge in [0.15, 0.2) is 5.75 Å². The van der Waals surface area contributed by atoms with Crippen molar-refractivity contribution in [1.29, 1.82) is 0 Å². The molecule has 4 nitrogen and oxygen atoms in total. The van der Waals surface area contributed by atoms with Crippen molar-refractivity contribution in [3.05, 3.63) is 94.5 Å². The van der Waals surface area contributed by atoms with Gasteiger partial charge in [0.25, 0.3) is 0 Å². The Morgan fingerprint density at radius 2 is 1.54 bits per heavy atom. The first-order valence-corrected chi connectivity index (χ1v) is 8.22. The maximum absolute atomic E-state index is 11.2. The highest BCUT2D eigenvalue weighted by atomic mass is 32.2. The predicted molar refractivity (Wildman–Crippen MR) is 94.4 cm³/mol. The summed E-state index contributed by atoms with van der Waals surface area (Å²) in [5.74, 6) is 0.282. The van der Waals surface area contributed by atoms with Crippen LogP contribution in [0.1, 0.15) is 5.56 Å². The molecule has 3 rings (SSSR count). The summed E-state index contributed by atoms with van der Waals surface area (Å²) >= 11 is 1.54. The summed E-state index contributed by atoms with van der Waals surface area (Å²) in [6.45, 7) is 0.293. The lowest BCUT2D eigenvalue weighted by molar-refractivity contribution is -0.386. The Bertz CT molecular complexity index is 823. The molecule has 0 N–H and O–H groups in total. The van der Waals surface area contributed by atoms with E-state index in [-0.39, 0.29) is 11.4 Å². The van der Waals surface area contributed by atoms with Gasteiger partial charge in [0.05, 0.1) is 4.92 Å². The summed E-state index contributed by atoms with van der Waals surface area (Å²) in [4.78, 5) is 12.8. The van der Waals surface area contributed by atoms with Gasteiger partial charge in [-0.1, -0.05) is 60.3 Å². The van der Waals surface area contributed by atoms with Crippen molar-refractivity contribution in [3.8, 4) is 5.75 Å². The highest BCUT2D eigenvalue weighted by molar-refractivity contribution is 7.99. The molecule has 0 atom stereocenters. The second-order valence-corrected chi connectivity index (χ2v) is 6.22. The summed E-state index contributed by atoms with van der Waals surface area (Å²) in [5, 5.41) is 11.2. The van der Waals surface area contributed by atoms with Crippen LogP contribution in [-0.2, 0) is 6.61 Å². The van der Waals surface area contributed by atoms with Gasteiger partial charge in [-0.25, -0.2) is 0 Å². The first-order valence-electron chi connectivity index (χ1n) is 7.40. The van der Waals surface area contributed by atoms with E-state index in [1.807, 2.05) is 60.7 Å². The Morgan fingerprint density at radius 1 is 0.875 bits per heavy atom. The molecule has 0 saturated heterocycles. The summed E-state index contributed by atoms with van der Waals surface area (Å²) < 4.78 is 5.71. The van der Waals surface area contributed by atoms with Crippen molar-refractivity contribution in [1.82, 2.24) is 0 Å². The molecule has 0 bridgehead atoms. The van der Waals surface area contributed by atoms with E-state index >= 15 is 0 Å². The Morgan fingerprint density at radius 3 is 2.21 bits per heavy atom. The molecule has 0 aliphatic rings. The van der Waals surface area contributed by atoms with Gasteiger partial charge in [-0.05, 0) is 23.8 Å². The molecule has 5 heteroatoms. The van der Waals surface area contributed by atoms with Crippen LogP contribution >= 0.6 is 11.8 Å². The molecule has 120 valence electrons. The molecular weight excluding hydrogens is 322 g/mol. The molecule has 24 heavy (non-hydrogen) atoms. The Balaban J connectivity index is 1.82. The standard InChI is InChI=1S/C19H15NO3S/c21-20(22)18-12-11-17(24-16-9-5-2-6-10-16)13-19(18)23-14-15-7-3-1-4-8-15/h1-13H,14H2. The van der Waals surface area contributed by atoms with Crippen LogP contribution in [0.15, 0.2) is 88.7 Å². The highest BCUT2D eigenvalue weighted by Gasteiger charge is 2.16. The van der Waals surface area contributed by atoms with Crippen LogP contribution in [0.3, 0.4) is 0 Å². The molecule has 0 aliphatic carbocycles. The summed E-state index contributed by atoms with van der Waals surface area (Å²) in [5.41, 5.74) is 0.941. The number of nitrogens with zero attached hydrogens (tertiary/aromatic N) is 1. The number of ether oxygens (including phenoxy) is 1. The van der Waals surface area contributed by atoms with Crippen LogP contribution in [0.5, 0.6) is 5.75 Å². The zero-order valence-corrected chi connectivity index (χ0v) is 13.6. The molecule has 3 aromatic rings. The van der Waals surface area contributed by atoms with E-state index in [1.165, 1.54) is 6.07 Å². The summed E-state index contributed by atoms with van der Waals surface area (Å²) in [7, 11) is 0. The lowest BCUT2D eigenvalue weighted by Gasteiger charge is -2.09. The third-order valence-electron chi connectivity index (χ3n) is 3.34. The second kappa shape index (κ2) is 7.66. The Hall–Kier alpha value is -2.79. The fourth-order valence-electron chi connectivity index (χ4n) is 2.18. The van der Waals surface area contributed by atoms with E-state index in [2.05, 4.69) is 0 Å². The normalized spacial score (nSPS) is 10.3. The van der Waals surface area contributed by atoms with Crippen LogP contribution < -0.4 is 4.74 Å². The molecule has 0 aromatic heterocycles. The fraction of sp³-hybridized carbons (Fsp3) is 0.0526. The van der Waals surface area contributed by atoms with Crippen molar-refractivity contribution in [2.24, 2.45) is 0 Å². The number of hydrogen-bond donors (Lipinski definition) is 0. The quantitative estimate of drug-likeness (QED) is 0.451. The summed E-state index contributed by atoms with van der Waals surface area (Å²) in [6.07, 6.45) is 0. The highest BCUT2D eigenvalue weighted by Crippen LogP contribution is 2.35. The van der Waals surface area contributed by atoms with E-state index in [4.69, 9.17) is 4.74 Å². The molecule has 3 aromatic carbocycles. The van der Waals surface area contributed by atoms with E-state index in [0.29, 0.717) is 6.61 Å². The topological polar surface area (TPSA) is 52.4 Å². The Labute approximate surface area is 144 Å². The maximum Gasteiger partial charge on any atom is 0.311 e. The van der Waals surface area contributed by atoms with Gasteiger partial charge in [0.2, 0.25) is 0 Å². The van der Waals surface area contributed by atoms with E-state index in [1.54, 1.807) is 23.9 Å². The van der Waals surface area contributed by atoms with Crippen molar-refractivity contribution >= 4 is 17.4 Å². The van der Waals surface area contributed by atoms with Gasteiger partial charge in [-0.3, -0.25) is 10.1 Å². The Kier molecular flexibility index (Phi) is 5.13. The molecule has 0 fully saturated rings. The zero-order chi connectivity index (χ0) is 16.8. The van der Waals surface area contributed by atoms with Crippen molar-refractivity contribution in [2.45, 2.75) is 16.4 Å². The van der Waals surface area contributed by atoms with Gasteiger partial charge in [-0.2, -0.15) is 0 Å². The monoisotopic (exact) mass is 337 g/mol. The van der Waals surface area contributed by atoms with Crippen LogP contribution in [0.2, 0.25) is 0 Å². The lowest BCUT2D eigenvalue weighted by Crippen LogP contribution is -1.99. The van der Waals surface area contributed by atoms with Crippen LogP contribution in [0.25, 0.3) is 0 Å². The second-order valence-electron chi connectivity index (χ2n) is 5.08. The van der Waals surface area contributed by atoms with E-state index < -0.39 is 4.92 Å². The average Bonchev–Trinajstić information content (AvgIpc) is 2.61. The smallest absolute Gasteiger partial charge is 0.311 e.